The van der Waals surface area contributed by atoms with Crippen molar-refractivity contribution in [1.29, 1.82) is 0 Å². The van der Waals surface area contributed by atoms with Crippen LogP contribution in [0, 0.1) is 6.92 Å². The van der Waals surface area contributed by atoms with Crippen molar-refractivity contribution in [2.75, 3.05) is 5.73 Å². The Morgan fingerprint density at radius 3 is 2.56 bits per heavy atom. The van der Waals surface area contributed by atoms with Crippen molar-refractivity contribution >= 4 is 32.5 Å². The highest BCUT2D eigenvalue weighted by Crippen LogP contribution is 2.28. The Kier molecular flexibility index (Phi) is 2.59. The van der Waals surface area contributed by atoms with Crippen LogP contribution in [-0.2, 0) is 0 Å². The first-order valence-electron chi connectivity index (χ1n) is 5.65. The minimum Gasteiger partial charge on any atom is -0.382 e. The molecular formula is C14H12BrN3. The summed E-state index contributed by atoms with van der Waals surface area (Å²) < 4.78 is 1.09. The van der Waals surface area contributed by atoms with Gasteiger partial charge in [-0.2, -0.15) is 5.10 Å². The third kappa shape index (κ3) is 1.78. The average molecular weight is 302 g/mol. The van der Waals surface area contributed by atoms with Crippen molar-refractivity contribution in [3.63, 3.8) is 0 Å². The quantitative estimate of drug-likeness (QED) is 0.716. The number of anilines is 1. The number of halogens is 1. The van der Waals surface area contributed by atoms with Crippen LogP contribution < -0.4 is 5.73 Å². The van der Waals surface area contributed by atoms with E-state index in [0.29, 0.717) is 5.82 Å². The third-order valence-corrected chi connectivity index (χ3v) is 3.63. The lowest BCUT2D eigenvalue weighted by atomic mass is 10.0. The van der Waals surface area contributed by atoms with E-state index in [9.17, 15) is 0 Å². The molecule has 0 amide bonds. The van der Waals surface area contributed by atoms with E-state index in [1.54, 1.807) is 0 Å². The zero-order chi connectivity index (χ0) is 12.7. The summed E-state index contributed by atoms with van der Waals surface area (Å²) in [6.45, 7) is 1.97. The van der Waals surface area contributed by atoms with E-state index in [1.165, 1.54) is 10.8 Å². The summed E-state index contributed by atoms with van der Waals surface area (Å²) in [6, 6.07) is 12.6. The van der Waals surface area contributed by atoms with Gasteiger partial charge in [0.25, 0.3) is 0 Å². The first-order chi connectivity index (χ1) is 8.65. The summed E-state index contributed by atoms with van der Waals surface area (Å²) >= 11 is 3.48. The number of aromatic nitrogens is 2. The van der Waals surface area contributed by atoms with E-state index in [4.69, 9.17) is 5.73 Å². The summed E-state index contributed by atoms with van der Waals surface area (Å²) in [6.07, 6.45) is 0. The summed E-state index contributed by atoms with van der Waals surface area (Å²) in [5.74, 6) is 0.556. The Labute approximate surface area is 113 Å². The first kappa shape index (κ1) is 11.3. The molecule has 0 radical (unpaired) electrons. The van der Waals surface area contributed by atoms with Gasteiger partial charge in [0, 0.05) is 15.6 Å². The van der Waals surface area contributed by atoms with Crippen LogP contribution in [0.1, 0.15) is 5.56 Å². The lowest BCUT2D eigenvalue weighted by Gasteiger charge is -2.03. The lowest BCUT2D eigenvalue weighted by molar-refractivity contribution is 1.10. The maximum absolute atomic E-state index is 5.76. The number of rotatable bonds is 1. The molecule has 2 aromatic carbocycles. The number of nitrogen functional groups attached to an aromatic ring is 1. The minimum atomic E-state index is 0.556. The Hall–Kier alpha value is -1.81. The van der Waals surface area contributed by atoms with Gasteiger partial charge in [-0.3, -0.25) is 5.10 Å². The third-order valence-electron chi connectivity index (χ3n) is 3.14. The van der Waals surface area contributed by atoms with E-state index in [-0.39, 0.29) is 0 Å². The summed E-state index contributed by atoms with van der Waals surface area (Å²) in [4.78, 5) is 0. The predicted octanol–water partition coefficient (Wildman–Crippen LogP) is 3.88. The molecule has 0 fully saturated rings. The van der Waals surface area contributed by atoms with Gasteiger partial charge in [-0.1, -0.05) is 34.1 Å². The van der Waals surface area contributed by atoms with Crippen LogP contribution in [0.5, 0.6) is 0 Å². The highest BCUT2D eigenvalue weighted by atomic mass is 79.9. The molecular weight excluding hydrogens is 290 g/mol. The molecule has 3 rings (SSSR count). The lowest BCUT2D eigenvalue weighted by Crippen LogP contribution is -1.86. The molecule has 0 saturated heterocycles. The molecule has 1 aromatic heterocycles. The number of nitrogens with two attached hydrogens (primary N) is 1. The van der Waals surface area contributed by atoms with Gasteiger partial charge in [0.2, 0.25) is 0 Å². The highest BCUT2D eigenvalue weighted by molar-refractivity contribution is 9.10. The fraction of sp³-hybridized carbons (Fsp3) is 0.0714. The summed E-state index contributed by atoms with van der Waals surface area (Å²) in [7, 11) is 0. The second-order valence-corrected chi connectivity index (χ2v) is 5.23. The van der Waals surface area contributed by atoms with Gasteiger partial charge in [0.15, 0.2) is 0 Å². The largest absolute Gasteiger partial charge is 0.382 e. The Morgan fingerprint density at radius 1 is 1.11 bits per heavy atom. The van der Waals surface area contributed by atoms with Gasteiger partial charge in [-0.15, -0.1) is 0 Å². The van der Waals surface area contributed by atoms with Gasteiger partial charge < -0.3 is 5.73 Å². The number of aromatic amines is 1. The van der Waals surface area contributed by atoms with Crippen molar-refractivity contribution < 1.29 is 0 Å². The van der Waals surface area contributed by atoms with Gasteiger partial charge in [-0.05, 0) is 35.9 Å². The number of fused-ring (bicyclic) bond motifs is 1. The van der Waals surface area contributed by atoms with Crippen LogP contribution in [0.25, 0.3) is 22.0 Å². The Balaban J connectivity index is 2.19. The molecule has 90 valence electrons. The molecule has 0 spiro atoms. The predicted molar refractivity (Wildman–Crippen MR) is 78.4 cm³/mol. The Bertz CT molecular complexity index is 731. The van der Waals surface area contributed by atoms with Crippen molar-refractivity contribution in [3.8, 4) is 11.3 Å². The molecule has 0 unspecified atom stereocenters. The normalized spacial score (nSPS) is 11.0. The minimum absolute atomic E-state index is 0.556. The molecule has 0 aliphatic heterocycles. The average Bonchev–Trinajstić information content (AvgIpc) is 2.69. The number of H-pyrrole nitrogens is 1. The number of nitrogens with zero attached hydrogens (tertiary/aromatic N) is 1. The molecule has 3 aromatic rings. The van der Waals surface area contributed by atoms with E-state index in [1.807, 2.05) is 13.0 Å². The Morgan fingerprint density at radius 2 is 1.83 bits per heavy atom. The molecule has 3 nitrogen and oxygen atoms in total. The van der Waals surface area contributed by atoms with E-state index in [0.717, 1.165) is 21.3 Å². The maximum atomic E-state index is 5.76. The SMILES string of the molecule is Cc1c(N)n[nH]c1-c1ccc2cc(Br)ccc2c1. The van der Waals surface area contributed by atoms with Crippen molar-refractivity contribution in [2.24, 2.45) is 0 Å². The van der Waals surface area contributed by atoms with Crippen LogP contribution in [0.3, 0.4) is 0 Å². The van der Waals surface area contributed by atoms with Gasteiger partial charge in [-0.25, -0.2) is 0 Å². The number of hydrogen-bond donors (Lipinski definition) is 2. The van der Waals surface area contributed by atoms with Gasteiger partial charge in [0.05, 0.1) is 5.69 Å². The van der Waals surface area contributed by atoms with Crippen molar-refractivity contribution in [2.45, 2.75) is 6.92 Å². The zero-order valence-corrected chi connectivity index (χ0v) is 11.5. The standard InChI is InChI=1S/C14H12BrN3/c1-8-13(17-18-14(8)16)11-3-2-10-7-12(15)5-4-9(10)6-11/h2-7H,1H3,(H3,16,17,18). The first-order valence-corrected chi connectivity index (χ1v) is 6.44. The van der Waals surface area contributed by atoms with Crippen LogP contribution in [-0.4, -0.2) is 10.2 Å². The monoisotopic (exact) mass is 301 g/mol. The topological polar surface area (TPSA) is 54.7 Å². The fourth-order valence-corrected chi connectivity index (χ4v) is 2.44. The second-order valence-electron chi connectivity index (χ2n) is 4.32. The molecule has 0 aliphatic rings. The molecule has 1 heterocycles. The number of hydrogen-bond acceptors (Lipinski definition) is 2. The molecule has 18 heavy (non-hydrogen) atoms. The van der Waals surface area contributed by atoms with Crippen LogP contribution in [0.4, 0.5) is 5.82 Å². The zero-order valence-electron chi connectivity index (χ0n) is 9.87. The smallest absolute Gasteiger partial charge is 0.148 e. The van der Waals surface area contributed by atoms with E-state index < -0.39 is 0 Å². The summed E-state index contributed by atoms with van der Waals surface area (Å²) in [5.41, 5.74) is 8.84. The second kappa shape index (κ2) is 4.14. The number of benzene rings is 2. The van der Waals surface area contributed by atoms with Crippen LogP contribution in [0.2, 0.25) is 0 Å². The van der Waals surface area contributed by atoms with Crippen LogP contribution in [0.15, 0.2) is 40.9 Å². The molecule has 0 atom stereocenters. The molecule has 3 N–H and O–H groups in total. The molecule has 0 aliphatic carbocycles. The van der Waals surface area contributed by atoms with Crippen molar-refractivity contribution in [3.05, 3.63) is 46.4 Å². The van der Waals surface area contributed by atoms with Crippen molar-refractivity contribution in [1.82, 2.24) is 10.2 Å². The molecule has 0 bridgehead atoms. The molecule has 0 saturated carbocycles. The highest BCUT2D eigenvalue weighted by Gasteiger charge is 2.08. The van der Waals surface area contributed by atoms with E-state index >= 15 is 0 Å². The van der Waals surface area contributed by atoms with Crippen LogP contribution >= 0.6 is 15.9 Å². The summed E-state index contributed by atoms with van der Waals surface area (Å²) in [5, 5.41) is 9.42. The van der Waals surface area contributed by atoms with E-state index in [2.05, 4.69) is 56.5 Å². The number of nitrogens with one attached hydrogen (secondary N) is 1. The molecule has 4 heteroatoms. The maximum Gasteiger partial charge on any atom is 0.148 e. The fourth-order valence-electron chi connectivity index (χ4n) is 2.07. The van der Waals surface area contributed by atoms with Gasteiger partial charge in [0.1, 0.15) is 5.82 Å². The van der Waals surface area contributed by atoms with Gasteiger partial charge >= 0.3 is 0 Å².